The highest BCUT2D eigenvalue weighted by Crippen LogP contribution is 2.43. The second-order valence-corrected chi connectivity index (χ2v) is 7.47. The van der Waals surface area contributed by atoms with E-state index in [4.69, 9.17) is 9.47 Å². The van der Waals surface area contributed by atoms with Crippen LogP contribution in [-0.4, -0.2) is 18.2 Å². The molecule has 2 aliphatic rings. The molecule has 4 rings (SSSR count). The molecule has 2 aromatic rings. The van der Waals surface area contributed by atoms with Crippen LogP contribution in [0.15, 0.2) is 65.7 Å². The van der Waals surface area contributed by atoms with Crippen molar-refractivity contribution < 1.29 is 14.3 Å². The second-order valence-electron chi connectivity index (χ2n) is 7.47. The van der Waals surface area contributed by atoms with Gasteiger partial charge >= 0.3 is 5.97 Å². The average Bonchev–Trinajstić information content (AvgIpc) is 3.50. The maximum atomic E-state index is 11.6. The van der Waals surface area contributed by atoms with Crippen LogP contribution in [0.4, 0.5) is 0 Å². The molecule has 2 atom stereocenters. The average molecular weight is 374 g/mol. The molecule has 2 aromatic carbocycles. The van der Waals surface area contributed by atoms with Gasteiger partial charge in [-0.15, -0.1) is 0 Å². The maximum absolute atomic E-state index is 11.6. The minimum atomic E-state index is -0.177. The van der Waals surface area contributed by atoms with Crippen LogP contribution >= 0.6 is 0 Å². The Balaban J connectivity index is 1.44. The fraction of sp³-hybridized carbons (Fsp3) is 0.320. The van der Waals surface area contributed by atoms with Gasteiger partial charge in [0.05, 0.1) is 0 Å². The normalized spacial score (nSPS) is 23.9. The Labute approximate surface area is 166 Å². The summed E-state index contributed by atoms with van der Waals surface area (Å²) in [6.07, 6.45) is 9.48. The monoisotopic (exact) mass is 374 g/mol. The van der Waals surface area contributed by atoms with Gasteiger partial charge in [-0.05, 0) is 60.1 Å². The molecule has 2 unspecified atom stereocenters. The van der Waals surface area contributed by atoms with Gasteiger partial charge in [0, 0.05) is 6.42 Å². The van der Waals surface area contributed by atoms with Crippen LogP contribution < -0.4 is 4.74 Å². The van der Waals surface area contributed by atoms with E-state index in [2.05, 4.69) is 36.4 Å². The van der Waals surface area contributed by atoms with Crippen LogP contribution in [-0.2, 0) is 9.53 Å². The molecule has 0 radical (unpaired) electrons. The lowest BCUT2D eigenvalue weighted by atomic mass is 10.0. The van der Waals surface area contributed by atoms with E-state index in [-0.39, 0.29) is 18.2 Å². The van der Waals surface area contributed by atoms with Crippen LogP contribution in [0.25, 0.3) is 12.2 Å². The molecule has 1 aliphatic carbocycles. The molecule has 1 heterocycles. The first-order valence-corrected chi connectivity index (χ1v) is 10.1. The first-order chi connectivity index (χ1) is 13.7. The van der Waals surface area contributed by atoms with E-state index < -0.39 is 0 Å². The molecular weight excluding hydrogens is 348 g/mol. The summed E-state index contributed by atoms with van der Waals surface area (Å²) in [7, 11) is 0. The number of carbonyl (C=O) groups excluding carboxylic acids is 1. The molecule has 3 nitrogen and oxygen atoms in total. The maximum Gasteiger partial charge on any atom is 0.311 e. The number of epoxide rings is 1. The van der Waals surface area contributed by atoms with E-state index in [1.165, 1.54) is 16.7 Å². The predicted octanol–water partition coefficient (Wildman–Crippen LogP) is 5.81. The van der Waals surface area contributed by atoms with Crippen LogP contribution in [0, 0.1) is 0 Å². The van der Waals surface area contributed by atoms with Gasteiger partial charge in [0.15, 0.2) is 0 Å². The third kappa shape index (κ3) is 4.60. The van der Waals surface area contributed by atoms with Gasteiger partial charge in [0.25, 0.3) is 0 Å². The van der Waals surface area contributed by atoms with E-state index in [0.717, 1.165) is 31.2 Å². The third-order valence-electron chi connectivity index (χ3n) is 5.22. The number of fused-ring (bicyclic) bond motifs is 1. The molecule has 0 N–H and O–H groups in total. The van der Waals surface area contributed by atoms with Crippen molar-refractivity contribution in [3.8, 4) is 5.75 Å². The summed E-state index contributed by atoms with van der Waals surface area (Å²) in [6.45, 7) is 1.97. The highest BCUT2D eigenvalue weighted by Gasteiger charge is 2.45. The van der Waals surface area contributed by atoms with Crippen molar-refractivity contribution in [3.63, 3.8) is 0 Å². The first-order valence-electron chi connectivity index (χ1n) is 10.1. The Morgan fingerprint density at radius 3 is 2.18 bits per heavy atom. The number of rotatable bonds is 5. The molecule has 28 heavy (non-hydrogen) atoms. The Kier molecular flexibility index (Phi) is 5.73. The second kappa shape index (κ2) is 8.57. The van der Waals surface area contributed by atoms with Gasteiger partial charge in [-0.3, -0.25) is 4.79 Å². The number of ether oxygens (including phenoxy) is 2. The lowest BCUT2D eigenvalue weighted by Gasteiger charge is -2.05. The zero-order valence-electron chi connectivity index (χ0n) is 16.3. The Bertz CT molecular complexity index is 878. The van der Waals surface area contributed by atoms with Crippen molar-refractivity contribution in [2.45, 2.75) is 51.2 Å². The van der Waals surface area contributed by atoms with Crippen molar-refractivity contribution >= 4 is 18.1 Å². The largest absolute Gasteiger partial charge is 0.427 e. The summed E-state index contributed by atoms with van der Waals surface area (Å²) in [5.41, 5.74) is 5.12. The molecule has 2 fully saturated rings. The van der Waals surface area contributed by atoms with Crippen molar-refractivity contribution in [2.75, 3.05) is 0 Å². The number of benzene rings is 2. The fourth-order valence-electron chi connectivity index (χ4n) is 3.76. The van der Waals surface area contributed by atoms with Crippen molar-refractivity contribution in [1.82, 2.24) is 0 Å². The zero-order chi connectivity index (χ0) is 19.3. The first kappa shape index (κ1) is 18.7. The lowest BCUT2D eigenvalue weighted by molar-refractivity contribution is -0.134. The van der Waals surface area contributed by atoms with E-state index in [0.29, 0.717) is 12.2 Å². The van der Waals surface area contributed by atoms with Gasteiger partial charge in [0.1, 0.15) is 18.0 Å². The highest BCUT2D eigenvalue weighted by molar-refractivity contribution is 5.72. The smallest absolute Gasteiger partial charge is 0.311 e. The minimum absolute atomic E-state index is 0.177. The van der Waals surface area contributed by atoms with Crippen LogP contribution in [0.3, 0.4) is 0 Å². The molecule has 3 heteroatoms. The van der Waals surface area contributed by atoms with Gasteiger partial charge in [0.2, 0.25) is 0 Å². The van der Waals surface area contributed by atoms with Gasteiger partial charge in [-0.1, -0.05) is 61.5 Å². The molecule has 0 bridgehead atoms. The number of carbonyl (C=O) groups is 1. The van der Waals surface area contributed by atoms with Crippen LogP contribution in [0.2, 0.25) is 0 Å². The van der Waals surface area contributed by atoms with E-state index in [1.807, 2.05) is 37.3 Å². The minimum Gasteiger partial charge on any atom is -0.427 e. The van der Waals surface area contributed by atoms with Crippen LogP contribution in [0.1, 0.15) is 50.2 Å². The Morgan fingerprint density at radius 1 is 0.964 bits per heavy atom. The molecular formula is C25H26O3. The van der Waals surface area contributed by atoms with E-state index in [1.54, 1.807) is 0 Å². The summed E-state index contributed by atoms with van der Waals surface area (Å²) >= 11 is 0. The van der Waals surface area contributed by atoms with Gasteiger partial charge in [-0.25, -0.2) is 0 Å². The Hall–Kier alpha value is -2.65. The topological polar surface area (TPSA) is 38.8 Å². The molecule has 0 aromatic heterocycles. The molecule has 1 saturated heterocycles. The Morgan fingerprint density at radius 2 is 1.57 bits per heavy atom. The van der Waals surface area contributed by atoms with Crippen LogP contribution in [0.5, 0.6) is 5.75 Å². The van der Waals surface area contributed by atoms with Crippen molar-refractivity contribution in [3.05, 3.63) is 76.9 Å². The van der Waals surface area contributed by atoms with Crippen molar-refractivity contribution in [1.29, 1.82) is 0 Å². The summed E-state index contributed by atoms with van der Waals surface area (Å²) < 4.78 is 11.4. The quantitative estimate of drug-likeness (QED) is 0.376. The summed E-state index contributed by atoms with van der Waals surface area (Å²) in [4.78, 5) is 11.6. The number of hydrogen-bond donors (Lipinski definition) is 0. The lowest BCUT2D eigenvalue weighted by Crippen LogP contribution is -2.06. The van der Waals surface area contributed by atoms with Crippen molar-refractivity contribution in [2.24, 2.45) is 0 Å². The summed E-state index contributed by atoms with van der Waals surface area (Å²) in [5.74, 6) is 0.430. The number of hydrogen-bond acceptors (Lipinski definition) is 3. The standard InChI is InChI=1S/C25H26O3/c1-2-7-23(26)27-22-14-12-19(13-15-22)17-21-11-6-10-20(24-25(21)28-24)16-18-8-4-3-5-9-18/h3-5,8-9,12-17,24-25H,2,6-7,10-11H2,1H3/b20-16-,21-17-. The molecule has 144 valence electrons. The van der Waals surface area contributed by atoms with Gasteiger partial charge < -0.3 is 9.47 Å². The molecule has 0 spiro atoms. The number of esters is 1. The van der Waals surface area contributed by atoms with Gasteiger partial charge in [-0.2, -0.15) is 0 Å². The van der Waals surface area contributed by atoms with E-state index in [9.17, 15) is 4.79 Å². The predicted molar refractivity (Wildman–Crippen MR) is 112 cm³/mol. The molecule has 1 aliphatic heterocycles. The highest BCUT2D eigenvalue weighted by atomic mass is 16.6. The van der Waals surface area contributed by atoms with E-state index >= 15 is 0 Å². The third-order valence-corrected chi connectivity index (χ3v) is 5.22. The molecule has 0 amide bonds. The molecule has 1 saturated carbocycles. The summed E-state index contributed by atoms with van der Waals surface area (Å²) in [5, 5.41) is 0. The SMILES string of the molecule is CCCC(=O)Oc1ccc(/C=C2/CCC/C(=C/c3ccccc3)C3OC23)cc1. The summed E-state index contributed by atoms with van der Waals surface area (Å²) in [6, 6.07) is 18.2. The zero-order valence-corrected chi connectivity index (χ0v) is 16.3. The fourth-order valence-corrected chi connectivity index (χ4v) is 3.76.